The first kappa shape index (κ1) is 24.8. The minimum atomic E-state index is -0.831. The van der Waals surface area contributed by atoms with Crippen molar-refractivity contribution in [1.29, 1.82) is 0 Å². The quantitative estimate of drug-likeness (QED) is 0.345. The normalized spacial score (nSPS) is 12.5. The summed E-state index contributed by atoms with van der Waals surface area (Å²) in [4.78, 5) is 35.7. The molecule has 0 heterocycles. The van der Waals surface area contributed by atoms with Crippen LogP contribution in [0.3, 0.4) is 0 Å². The fourth-order valence-electron chi connectivity index (χ4n) is 4.11. The average molecular weight is 463 g/mol. The molecule has 1 aliphatic carbocycles. The summed E-state index contributed by atoms with van der Waals surface area (Å²) >= 11 is 0. The van der Waals surface area contributed by atoms with E-state index in [-0.39, 0.29) is 31.3 Å². The maximum absolute atomic E-state index is 12.6. The number of carboxylic acid groups (broad SMARTS) is 1. The van der Waals surface area contributed by atoms with Gasteiger partial charge in [0, 0.05) is 25.3 Å². The number of alkyl carbamates (subject to hydrolysis) is 1. The first-order chi connectivity index (χ1) is 16.5. The van der Waals surface area contributed by atoms with Crippen LogP contribution in [0, 0.1) is 11.8 Å². The fraction of sp³-hybridized carbons (Fsp3) is 0.370. The van der Waals surface area contributed by atoms with Crippen molar-refractivity contribution in [3.63, 3.8) is 0 Å². The summed E-state index contributed by atoms with van der Waals surface area (Å²) in [6.45, 7) is 2.24. The monoisotopic (exact) mass is 462 g/mol. The van der Waals surface area contributed by atoms with Crippen LogP contribution in [-0.2, 0) is 14.3 Å². The van der Waals surface area contributed by atoms with Gasteiger partial charge in [0.2, 0.25) is 5.91 Å². The first-order valence-corrected chi connectivity index (χ1v) is 11.5. The Hall–Kier alpha value is -3.79. The number of hydrogen-bond donors (Lipinski definition) is 3. The smallest absolute Gasteiger partial charge is 0.407 e. The molecule has 3 N–H and O–H groups in total. The summed E-state index contributed by atoms with van der Waals surface area (Å²) in [6.07, 6.45) is 1.55. The van der Waals surface area contributed by atoms with Gasteiger partial charge in [0.15, 0.2) is 0 Å². The van der Waals surface area contributed by atoms with E-state index in [0.717, 1.165) is 22.3 Å². The number of carbonyl (C=O) groups is 3. The fourth-order valence-corrected chi connectivity index (χ4v) is 4.11. The highest BCUT2D eigenvalue weighted by Crippen LogP contribution is 2.44. The maximum atomic E-state index is 12.6. The van der Waals surface area contributed by atoms with E-state index in [1.165, 1.54) is 0 Å². The number of benzene rings is 2. The number of carboxylic acids is 1. The number of aliphatic carboxylic acids is 1. The lowest BCUT2D eigenvalue weighted by molar-refractivity contribution is -0.137. The van der Waals surface area contributed by atoms with Gasteiger partial charge >= 0.3 is 12.1 Å². The molecule has 178 valence electrons. The molecule has 0 aromatic heterocycles. The Labute approximate surface area is 199 Å². The van der Waals surface area contributed by atoms with Gasteiger partial charge in [0.1, 0.15) is 12.6 Å². The molecule has 0 saturated heterocycles. The van der Waals surface area contributed by atoms with Crippen molar-refractivity contribution >= 4 is 18.0 Å². The Morgan fingerprint density at radius 1 is 1.00 bits per heavy atom. The van der Waals surface area contributed by atoms with Gasteiger partial charge in [-0.2, -0.15) is 0 Å². The van der Waals surface area contributed by atoms with E-state index in [1.807, 2.05) is 36.4 Å². The Bertz CT molecular complexity index is 1040. The van der Waals surface area contributed by atoms with E-state index < -0.39 is 18.1 Å². The van der Waals surface area contributed by atoms with Gasteiger partial charge in [0.25, 0.3) is 0 Å². The Morgan fingerprint density at radius 3 is 2.26 bits per heavy atom. The lowest BCUT2D eigenvalue weighted by Gasteiger charge is -2.18. The van der Waals surface area contributed by atoms with Crippen LogP contribution < -0.4 is 10.6 Å². The highest BCUT2D eigenvalue weighted by molar-refractivity contribution is 5.86. The van der Waals surface area contributed by atoms with E-state index in [2.05, 4.69) is 34.6 Å². The zero-order valence-electron chi connectivity index (χ0n) is 19.3. The summed E-state index contributed by atoms with van der Waals surface area (Å²) in [5.41, 5.74) is 4.52. The summed E-state index contributed by atoms with van der Waals surface area (Å²) in [5.74, 6) is 4.35. The third-order valence-electron chi connectivity index (χ3n) is 5.80. The standard InChI is InChI=1S/C27H30N2O5/c1-2-3-15-24(26(32)28-17-10-4-5-16-25(30)31)29-27(33)34-18-23-21-13-8-6-11-19(21)20-12-7-9-14-22(20)23/h6-9,11-14,23-24H,4-5,10,15-18H2,1H3,(H,28,32)(H,29,33)(H,30,31). The number of unbranched alkanes of at least 4 members (excludes halogenated alkanes) is 2. The van der Waals surface area contributed by atoms with Crippen LogP contribution in [-0.4, -0.2) is 42.3 Å². The van der Waals surface area contributed by atoms with E-state index in [0.29, 0.717) is 25.8 Å². The molecular formula is C27H30N2O5. The van der Waals surface area contributed by atoms with Crippen molar-refractivity contribution in [1.82, 2.24) is 10.6 Å². The van der Waals surface area contributed by atoms with E-state index in [1.54, 1.807) is 6.92 Å². The summed E-state index contributed by atoms with van der Waals surface area (Å²) in [5, 5.41) is 14.1. The molecule has 2 aromatic carbocycles. The molecule has 7 heteroatoms. The second kappa shape index (κ2) is 12.4. The lowest BCUT2D eigenvalue weighted by atomic mass is 9.98. The van der Waals surface area contributed by atoms with Crippen molar-refractivity contribution in [3.05, 3.63) is 59.7 Å². The third kappa shape index (κ3) is 6.61. The highest BCUT2D eigenvalue weighted by Gasteiger charge is 2.29. The van der Waals surface area contributed by atoms with Crippen molar-refractivity contribution in [2.45, 2.75) is 51.0 Å². The summed E-state index contributed by atoms with van der Waals surface area (Å²) in [7, 11) is 0. The van der Waals surface area contributed by atoms with Crippen molar-refractivity contribution in [2.24, 2.45) is 0 Å². The number of nitrogens with one attached hydrogen (secondary N) is 2. The third-order valence-corrected chi connectivity index (χ3v) is 5.80. The summed E-state index contributed by atoms with van der Waals surface area (Å²) in [6, 6.07) is 15.3. The van der Waals surface area contributed by atoms with Crippen molar-refractivity contribution in [2.75, 3.05) is 13.2 Å². The molecule has 0 spiro atoms. The number of hydrogen-bond acceptors (Lipinski definition) is 4. The van der Waals surface area contributed by atoms with E-state index in [4.69, 9.17) is 9.84 Å². The molecule has 0 bridgehead atoms. The van der Waals surface area contributed by atoms with Gasteiger partial charge in [-0.05, 0) is 42.0 Å². The molecule has 34 heavy (non-hydrogen) atoms. The van der Waals surface area contributed by atoms with E-state index >= 15 is 0 Å². The number of ether oxygens (including phenoxy) is 1. The van der Waals surface area contributed by atoms with Crippen LogP contribution in [0.25, 0.3) is 11.1 Å². The largest absolute Gasteiger partial charge is 0.481 e. The van der Waals surface area contributed by atoms with Gasteiger partial charge < -0.3 is 20.5 Å². The maximum Gasteiger partial charge on any atom is 0.407 e. The van der Waals surface area contributed by atoms with Gasteiger partial charge in [0.05, 0.1) is 0 Å². The Morgan fingerprint density at radius 2 is 1.65 bits per heavy atom. The lowest BCUT2D eigenvalue weighted by Crippen LogP contribution is -2.47. The van der Waals surface area contributed by atoms with Crippen LogP contribution in [0.2, 0.25) is 0 Å². The highest BCUT2D eigenvalue weighted by atomic mass is 16.5. The molecule has 1 atom stereocenters. The molecule has 7 nitrogen and oxygen atoms in total. The number of fused-ring (bicyclic) bond motifs is 3. The molecular weight excluding hydrogens is 432 g/mol. The zero-order valence-corrected chi connectivity index (χ0v) is 19.3. The molecule has 0 aliphatic heterocycles. The van der Waals surface area contributed by atoms with Crippen LogP contribution in [0.4, 0.5) is 4.79 Å². The summed E-state index contributed by atoms with van der Waals surface area (Å²) < 4.78 is 5.55. The molecule has 2 aromatic rings. The van der Waals surface area contributed by atoms with E-state index in [9.17, 15) is 14.4 Å². The van der Waals surface area contributed by atoms with Gasteiger partial charge in [-0.3, -0.25) is 9.59 Å². The SMILES string of the molecule is CC#CCC(NC(=O)OCC1c2ccccc2-c2ccccc21)C(=O)NCCCCCC(=O)O. The van der Waals surface area contributed by atoms with Crippen LogP contribution >= 0.6 is 0 Å². The molecule has 1 unspecified atom stereocenters. The van der Waals surface area contributed by atoms with Gasteiger partial charge in [-0.15, -0.1) is 11.8 Å². The first-order valence-electron chi connectivity index (χ1n) is 11.5. The van der Waals surface area contributed by atoms with Crippen LogP contribution in [0.15, 0.2) is 48.5 Å². The van der Waals surface area contributed by atoms with Gasteiger partial charge in [-0.1, -0.05) is 55.0 Å². The van der Waals surface area contributed by atoms with Crippen molar-refractivity contribution < 1.29 is 24.2 Å². The number of rotatable bonds is 11. The zero-order chi connectivity index (χ0) is 24.3. The predicted octanol–water partition coefficient (Wildman–Crippen LogP) is 4.07. The average Bonchev–Trinajstić information content (AvgIpc) is 3.16. The molecule has 0 fully saturated rings. The number of carbonyl (C=O) groups excluding carboxylic acids is 2. The second-order valence-electron chi connectivity index (χ2n) is 8.15. The molecule has 0 radical (unpaired) electrons. The predicted molar refractivity (Wildman–Crippen MR) is 129 cm³/mol. The minimum absolute atomic E-state index is 0.0633. The Balaban J connectivity index is 1.53. The molecule has 3 rings (SSSR count). The van der Waals surface area contributed by atoms with Crippen molar-refractivity contribution in [3.8, 4) is 23.0 Å². The number of amides is 2. The topological polar surface area (TPSA) is 105 Å². The Kier molecular flexibility index (Phi) is 9.10. The van der Waals surface area contributed by atoms with Gasteiger partial charge in [-0.25, -0.2) is 4.79 Å². The van der Waals surface area contributed by atoms with Crippen LogP contribution in [0.5, 0.6) is 0 Å². The molecule has 0 saturated carbocycles. The minimum Gasteiger partial charge on any atom is -0.481 e. The van der Waals surface area contributed by atoms with Crippen LogP contribution in [0.1, 0.15) is 56.1 Å². The molecule has 1 aliphatic rings. The second-order valence-corrected chi connectivity index (χ2v) is 8.15. The molecule has 2 amide bonds.